The van der Waals surface area contributed by atoms with Crippen LogP contribution in [0.2, 0.25) is 0 Å². The van der Waals surface area contributed by atoms with Gasteiger partial charge in [-0.2, -0.15) is 0 Å². The summed E-state index contributed by atoms with van der Waals surface area (Å²) in [6.45, 7) is 15.6. The fraction of sp³-hybridized carbons (Fsp3) is 0.438. The van der Waals surface area contributed by atoms with Gasteiger partial charge >= 0.3 is 0 Å². The molecular formula is C32H42N4O2. The molecule has 4 rings (SSSR count). The van der Waals surface area contributed by atoms with Crippen molar-refractivity contribution in [3.63, 3.8) is 0 Å². The Kier molecular flexibility index (Phi) is 8.12. The summed E-state index contributed by atoms with van der Waals surface area (Å²) in [5.41, 5.74) is 2.04. The number of fused-ring (bicyclic) bond motifs is 2. The quantitative estimate of drug-likeness (QED) is 0.233. The maximum Gasteiger partial charge on any atom is 0.162 e. The van der Waals surface area contributed by atoms with Gasteiger partial charge in [0.05, 0.1) is 19.7 Å². The number of methoxy groups -OCH3 is 2. The lowest BCUT2D eigenvalue weighted by molar-refractivity contribution is 0.0371. The van der Waals surface area contributed by atoms with Crippen molar-refractivity contribution in [1.82, 2.24) is 14.9 Å². The minimum Gasteiger partial charge on any atom is -0.493 e. The molecule has 1 N–H and O–H groups in total. The second kappa shape index (κ2) is 11.2. The zero-order valence-electron chi connectivity index (χ0n) is 24.2. The van der Waals surface area contributed by atoms with Gasteiger partial charge in [0.2, 0.25) is 0 Å². The smallest absolute Gasteiger partial charge is 0.162 e. The van der Waals surface area contributed by atoms with E-state index in [1.54, 1.807) is 14.2 Å². The summed E-state index contributed by atoms with van der Waals surface area (Å²) in [4.78, 5) is 12.5. The number of benzene rings is 3. The summed E-state index contributed by atoms with van der Waals surface area (Å²) in [6.07, 6.45) is 2.13. The van der Waals surface area contributed by atoms with E-state index in [-0.39, 0.29) is 11.1 Å². The summed E-state index contributed by atoms with van der Waals surface area (Å²) in [5, 5.41) is 6.88. The number of anilines is 1. The van der Waals surface area contributed by atoms with E-state index in [0.717, 1.165) is 53.6 Å². The molecule has 6 nitrogen and oxygen atoms in total. The summed E-state index contributed by atoms with van der Waals surface area (Å²) in [5.74, 6) is 2.81. The van der Waals surface area contributed by atoms with E-state index in [1.807, 2.05) is 12.1 Å². The van der Waals surface area contributed by atoms with Crippen molar-refractivity contribution in [2.24, 2.45) is 0 Å². The molecule has 202 valence electrons. The Morgan fingerprint density at radius 2 is 1.42 bits per heavy atom. The molecule has 0 atom stereocenters. The van der Waals surface area contributed by atoms with Gasteiger partial charge in [-0.15, -0.1) is 0 Å². The van der Waals surface area contributed by atoms with E-state index in [2.05, 4.69) is 94.2 Å². The van der Waals surface area contributed by atoms with Crippen LogP contribution in [-0.2, 0) is 0 Å². The Balaban J connectivity index is 1.62. The standard InChI is InChI=1S/C32H42N4O2/c1-31(2,3)36(32(4,5)6)18-12-11-17-33-30-25-20-27(37-7)28(38-8)21-26(25)34-29(35-30)24-16-15-22-13-9-10-14-23(22)19-24/h9-10,13-16,19-21H,11-12,17-18H2,1-8H3,(H,33,34,35). The maximum absolute atomic E-state index is 5.58. The molecule has 0 amide bonds. The second-order valence-electron chi connectivity index (χ2n) is 11.8. The first-order chi connectivity index (χ1) is 18.0. The monoisotopic (exact) mass is 514 g/mol. The minimum absolute atomic E-state index is 0.124. The lowest BCUT2D eigenvalue weighted by atomic mass is 9.95. The van der Waals surface area contributed by atoms with Crippen LogP contribution in [-0.4, -0.2) is 53.3 Å². The van der Waals surface area contributed by atoms with Crippen LogP contribution in [0, 0.1) is 0 Å². The van der Waals surface area contributed by atoms with Crippen LogP contribution < -0.4 is 14.8 Å². The van der Waals surface area contributed by atoms with Crippen molar-refractivity contribution in [3.8, 4) is 22.9 Å². The molecule has 0 bridgehead atoms. The van der Waals surface area contributed by atoms with Crippen molar-refractivity contribution in [2.75, 3.05) is 32.6 Å². The van der Waals surface area contributed by atoms with E-state index in [9.17, 15) is 0 Å². The number of nitrogens with one attached hydrogen (secondary N) is 1. The average Bonchev–Trinajstić information content (AvgIpc) is 2.87. The normalized spacial score (nSPS) is 12.3. The Labute approximate surface area is 227 Å². The van der Waals surface area contributed by atoms with Gasteiger partial charge in [-0.3, -0.25) is 4.90 Å². The van der Waals surface area contributed by atoms with Crippen molar-refractivity contribution >= 4 is 27.5 Å². The fourth-order valence-electron chi connectivity index (χ4n) is 5.33. The summed E-state index contributed by atoms with van der Waals surface area (Å²) < 4.78 is 11.1. The summed E-state index contributed by atoms with van der Waals surface area (Å²) in [7, 11) is 3.30. The SMILES string of the molecule is COc1cc2nc(-c3ccc4ccccc4c3)nc(NCCCCN(C(C)(C)C)C(C)(C)C)c2cc1OC. The highest BCUT2D eigenvalue weighted by atomic mass is 16.5. The van der Waals surface area contributed by atoms with Gasteiger partial charge in [-0.05, 0) is 83.8 Å². The summed E-state index contributed by atoms with van der Waals surface area (Å²) >= 11 is 0. The maximum atomic E-state index is 5.58. The van der Waals surface area contributed by atoms with Crippen LogP contribution in [0.5, 0.6) is 11.5 Å². The van der Waals surface area contributed by atoms with Crippen molar-refractivity contribution < 1.29 is 9.47 Å². The third-order valence-corrected chi connectivity index (χ3v) is 6.93. The summed E-state index contributed by atoms with van der Waals surface area (Å²) in [6, 6.07) is 18.6. The average molecular weight is 515 g/mol. The zero-order chi connectivity index (χ0) is 27.5. The Morgan fingerprint density at radius 1 is 0.763 bits per heavy atom. The molecule has 6 heteroatoms. The molecule has 0 aliphatic heterocycles. The lowest BCUT2D eigenvalue weighted by Gasteiger charge is -2.45. The molecule has 0 unspecified atom stereocenters. The number of rotatable bonds is 9. The van der Waals surface area contributed by atoms with E-state index in [1.165, 1.54) is 5.39 Å². The van der Waals surface area contributed by atoms with Gasteiger partial charge in [-0.1, -0.05) is 36.4 Å². The molecule has 1 aromatic heterocycles. The lowest BCUT2D eigenvalue weighted by Crippen LogP contribution is -2.52. The van der Waals surface area contributed by atoms with Gasteiger partial charge in [0, 0.05) is 34.6 Å². The molecular weight excluding hydrogens is 472 g/mol. The van der Waals surface area contributed by atoms with Crippen LogP contribution in [0.3, 0.4) is 0 Å². The Bertz CT molecular complexity index is 1390. The molecule has 0 radical (unpaired) electrons. The molecule has 0 saturated heterocycles. The molecule has 0 aliphatic carbocycles. The third kappa shape index (κ3) is 6.18. The van der Waals surface area contributed by atoms with Crippen LogP contribution in [0.4, 0.5) is 5.82 Å². The first kappa shape index (κ1) is 27.6. The topological polar surface area (TPSA) is 59.5 Å². The minimum atomic E-state index is 0.124. The van der Waals surface area contributed by atoms with E-state index >= 15 is 0 Å². The number of hydrogen-bond acceptors (Lipinski definition) is 6. The van der Waals surface area contributed by atoms with E-state index < -0.39 is 0 Å². The molecule has 38 heavy (non-hydrogen) atoms. The second-order valence-corrected chi connectivity index (χ2v) is 11.8. The Morgan fingerprint density at radius 3 is 2.08 bits per heavy atom. The van der Waals surface area contributed by atoms with Crippen LogP contribution in [0.25, 0.3) is 33.1 Å². The fourth-order valence-corrected chi connectivity index (χ4v) is 5.33. The van der Waals surface area contributed by atoms with E-state index in [0.29, 0.717) is 17.3 Å². The van der Waals surface area contributed by atoms with E-state index in [4.69, 9.17) is 19.4 Å². The Hall–Kier alpha value is -3.38. The van der Waals surface area contributed by atoms with Gasteiger partial charge in [-0.25, -0.2) is 9.97 Å². The zero-order valence-corrected chi connectivity index (χ0v) is 24.2. The number of ether oxygens (including phenoxy) is 2. The number of aromatic nitrogens is 2. The van der Waals surface area contributed by atoms with Crippen molar-refractivity contribution in [1.29, 1.82) is 0 Å². The van der Waals surface area contributed by atoms with Gasteiger partial charge < -0.3 is 14.8 Å². The van der Waals surface area contributed by atoms with Gasteiger partial charge in [0.15, 0.2) is 17.3 Å². The number of hydrogen-bond donors (Lipinski definition) is 1. The van der Waals surface area contributed by atoms with Crippen molar-refractivity contribution in [3.05, 3.63) is 54.6 Å². The number of unbranched alkanes of at least 4 members (excludes halogenated alkanes) is 1. The van der Waals surface area contributed by atoms with Gasteiger partial charge in [0.1, 0.15) is 5.82 Å². The highest BCUT2D eigenvalue weighted by Gasteiger charge is 2.30. The highest BCUT2D eigenvalue weighted by molar-refractivity contribution is 5.94. The third-order valence-electron chi connectivity index (χ3n) is 6.93. The molecule has 1 heterocycles. The van der Waals surface area contributed by atoms with Crippen LogP contribution in [0.15, 0.2) is 54.6 Å². The molecule has 0 saturated carbocycles. The van der Waals surface area contributed by atoms with Crippen molar-refractivity contribution in [2.45, 2.75) is 65.5 Å². The first-order valence-electron chi connectivity index (χ1n) is 13.5. The predicted octanol–water partition coefficient (Wildman–Crippen LogP) is 7.56. The van der Waals surface area contributed by atoms with Crippen LogP contribution >= 0.6 is 0 Å². The largest absolute Gasteiger partial charge is 0.493 e. The van der Waals surface area contributed by atoms with Gasteiger partial charge in [0.25, 0.3) is 0 Å². The first-order valence-corrected chi connectivity index (χ1v) is 13.5. The highest BCUT2D eigenvalue weighted by Crippen LogP contribution is 2.35. The van der Waals surface area contributed by atoms with Crippen LogP contribution in [0.1, 0.15) is 54.4 Å². The molecule has 3 aromatic carbocycles. The number of nitrogens with zero attached hydrogens (tertiary/aromatic N) is 3. The molecule has 0 aliphatic rings. The molecule has 0 fully saturated rings. The molecule has 4 aromatic rings. The molecule has 0 spiro atoms. The predicted molar refractivity (Wildman–Crippen MR) is 160 cm³/mol.